The van der Waals surface area contributed by atoms with Gasteiger partial charge in [0, 0.05) is 6.54 Å². The van der Waals surface area contributed by atoms with E-state index in [0.29, 0.717) is 19.4 Å². The number of benzene rings is 1. The molecule has 0 aliphatic rings. The molecule has 146 valence electrons. The molecule has 1 rings (SSSR count). The zero-order chi connectivity index (χ0) is 19.6. The minimum absolute atomic E-state index is 0.200. The number of nitrogens with one attached hydrogen (secondary N) is 2. The average Bonchev–Trinajstić information content (AvgIpc) is 2.55. The van der Waals surface area contributed by atoms with Gasteiger partial charge in [0.05, 0.1) is 0 Å². The number of ether oxygens (including phenoxy) is 1. The number of phenols is 1. The van der Waals surface area contributed by atoms with Crippen LogP contribution in [-0.4, -0.2) is 35.3 Å². The van der Waals surface area contributed by atoms with Crippen LogP contribution in [0.4, 0.5) is 4.79 Å². The molecule has 1 aromatic carbocycles. The van der Waals surface area contributed by atoms with Gasteiger partial charge in [0.25, 0.3) is 0 Å². The monoisotopic (exact) mass is 364 g/mol. The van der Waals surface area contributed by atoms with Crippen molar-refractivity contribution in [3.05, 3.63) is 29.8 Å². The van der Waals surface area contributed by atoms with Crippen molar-refractivity contribution in [2.45, 2.75) is 71.4 Å². The van der Waals surface area contributed by atoms with E-state index < -0.39 is 17.7 Å². The smallest absolute Gasteiger partial charge is 0.408 e. The molecule has 1 unspecified atom stereocenters. The van der Waals surface area contributed by atoms with Gasteiger partial charge in [-0.1, -0.05) is 31.9 Å². The lowest BCUT2D eigenvalue weighted by atomic mass is 10.0. The molecular weight excluding hydrogens is 332 g/mol. The summed E-state index contributed by atoms with van der Waals surface area (Å²) in [6, 6.07) is 6.16. The van der Waals surface area contributed by atoms with Gasteiger partial charge in [0.1, 0.15) is 17.4 Å². The number of hydrogen-bond donors (Lipinski definition) is 3. The largest absolute Gasteiger partial charge is 0.508 e. The summed E-state index contributed by atoms with van der Waals surface area (Å²) in [5, 5.41) is 14.9. The Hall–Kier alpha value is -2.24. The summed E-state index contributed by atoms with van der Waals surface area (Å²) in [7, 11) is 0. The predicted molar refractivity (Wildman–Crippen MR) is 102 cm³/mol. The van der Waals surface area contributed by atoms with Crippen LogP contribution in [0.15, 0.2) is 24.3 Å². The lowest BCUT2D eigenvalue weighted by molar-refractivity contribution is -0.123. The summed E-state index contributed by atoms with van der Waals surface area (Å²) in [6.07, 6.45) is 3.50. The minimum atomic E-state index is -0.666. The third kappa shape index (κ3) is 9.30. The molecule has 0 aromatic heterocycles. The van der Waals surface area contributed by atoms with Crippen molar-refractivity contribution in [3.8, 4) is 5.75 Å². The molecular formula is C20H32N2O4. The van der Waals surface area contributed by atoms with Gasteiger partial charge in [-0.05, 0) is 57.7 Å². The normalized spacial score (nSPS) is 12.3. The fourth-order valence-electron chi connectivity index (χ4n) is 2.40. The fraction of sp³-hybridized carbons (Fsp3) is 0.600. The van der Waals surface area contributed by atoms with Gasteiger partial charge in [-0.2, -0.15) is 0 Å². The first-order valence-corrected chi connectivity index (χ1v) is 9.26. The Labute approximate surface area is 156 Å². The van der Waals surface area contributed by atoms with E-state index in [0.717, 1.165) is 24.8 Å². The minimum Gasteiger partial charge on any atom is -0.508 e. The number of aryl methyl sites for hydroxylation is 1. The number of aromatic hydroxyl groups is 1. The average molecular weight is 364 g/mol. The summed E-state index contributed by atoms with van der Waals surface area (Å²) >= 11 is 0. The highest BCUT2D eigenvalue weighted by Gasteiger charge is 2.24. The molecule has 1 aromatic rings. The molecule has 0 saturated heterocycles. The molecule has 0 heterocycles. The van der Waals surface area contributed by atoms with Crippen LogP contribution in [0.2, 0.25) is 0 Å². The van der Waals surface area contributed by atoms with Gasteiger partial charge in [0.15, 0.2) is 0 Å². The fourth-order valence-corrected chi connectivity index (χ4v) is 2.40. The topological polar surface area (TPSA) is 87.7 Å². The molecule has 0 saturated carbocycles. The number of rotatable bonds is 9. The van der Waals surface area contributed by atoms with Gasteiger partial charge in [-0.3, -0.25) is 4.79 Å². The first-order valence-electron chi connectivity index (χ1n) is 9.26. The molecule has 0 spiro atoms. The van der Waals surface area contributed by atoms with Crippen molar-refractivity contribution < 1.29 is 19.4 Å². The summed E-state index contributed by atoms with van der Waals surface area (Å²) in [5.41, 5.74) is 0.362. The van der Waals surface area contributed by atoms with Crippen molar-refractivity contribution in [1.82, 2.24) is 10.6 Å². The molecule has 0 aliphatic heterocycles. The zero-order valence-electron chi connectivity index (χ0n) is 16.3. The molecule has 3 N–H and O–H groups in total. The SMILES string of the molecule is CCCCCNC(=O)C(CCc1ccc(O)cc1)NC(=O)OC(C)(C)C. The third-order valence-corrected chi connectivity index (χ3v) is 3.75. The number of unbranched alkanes of at least 4 members (excludes halogenated alkanes) is 2. The number of hydrogen-bond acceptors (Lipinski definition) is 4. The third-order valence-electron chi connectivity index (χ3n) is 3.75. The van der Waals surface area contributed by atoms with Crippen LogP contribution >= 0.6 is 0 Å². The number of carbonyl (C=O) groups excluding carboxylic acids is 2. The maximum Gasteiger partial charge on any atom is 0.408 e. The van der Waals surface area contributed by atoms with E-state index in [-0.39, 0.29) is 11.7 Å². The summed E-state index contributed by atoms with van der Waals surface area (Å²) in [4.78, 5) is 24.5. The quantitative estimate of drug-likeness (QED) is 0.585. The first-order chi connectivity index (χ1) is 12.2. The second-order valence-electron chi connectivity index (χ2n) is 7.40. The molecule has 26 heavy (non-hydrogen) atoms. The second kappa shape index (κ2) is 10.7. The molecule has 0 fully saturated rings. The van der Waals surface area contributed by atoms with Gasteiger partial charge < -0.3 is 20.5 Å². The maximum atomic E-state index is 12.5. The van der Waals surface area contributed by atoms with E-state index in [1.165, 1.54) is 0 Å². The predicted octanol–water partition coefficient (Wildman–Crippen LogP) is 3.52. The Bertz CT molecular complexity index is 564. The lowest BCUT2D eigenvalue weighted by Gasteiger charge is -2.23. The molecule has 6 heteroatoms. The number of alkyl carbamates (subject to hydrolysis) is 1. The van der Waals surface area contributed by atoms with Crippen LogP contribution in [0.25, 0.3) is 0 Å². The molecule has 0 aliphatic carbocycles. The Balaban J connectivity index is 2.65. The summed E-state index contributed by atoms with van der Waals surface area (Å²) in [6.45, 7) is 8.04. The zero-order valence-corrected chi connectivity index (χ0v) is 16.3. The Morgan fingerprint density at radius 3 is 2.38 bits per heavy atom. The van der Waals surface area contributed by atoms with Crippen molar-refractivity contribution in [1.29, 1.82) is 0 Å². The van der Waals surface area contributed by atoms with E-state index >= 15 is 0 Å². The second-order valence-corrected chi connectivity index (χ2v) is 7.40. The van der Waals surface area contributed by atoms with Crippen molar-refractivity contribution in [3.63, 3.8) is 0 Å². The summed E-state index contributed by atoms with van der Waals surface area (Å²) in [5.74, 6) is -0.00316. The van der Waals surface area contributed by atoms with Crippen LogP contribution < -0.4 is 10.6 Å². The molecule has 1 atom stereocenters. The van der Waals surface area contributed by atoms with Crippen molar-refractivity contribution >= 4 is 12.0 Å². The van der Waals surface area contributed by atoms with Crippen LogP contribution in [-0.2, 0) is 16.0 Å². The van der Waals surface area contributed by atoms with Crippen LogP contribution in [0.1, 0.15) is 58.9 Å². The maximum absolute atomic E-state index is 12.5. The van der Waals surface area contributed by atoms with E-state index in [1.807, 2.05) is 0 Å². The highest BCUT2D eigenvalue weighted by Crippen LogP contribution is 2.13. The molecule has 6 nitrogen and oxygen atoms in total. The highest BCUT2D eigenvalue weighted by molar-refractivity contribution is 5.85. The number of phenolic OH excluding ortho intramolecular Hbond substituents is 1. The Kier molecular flexibility index (Phi) is 8.96. The number of amides is 2. The molecule has 0 radical (unpaired) electrons. The van der Waals surface area contributed by atoms with Gasteiger partial charge in [0.2, 0.25) is 5.91 Å². The van der Waals surface area contributed by atoms with E-state index in [4.69, 9.17) is 4.74 Å². The highest BCUT2D eigenvalue weighted by atomic mass is 16.6. The van der Waals surface area contributed by atoms with E-state index in [1.54, 1.807) is 45.0 Å². The van der Waals surface area contributed by atoms with Crippen molar-refractivity contribution in [2.24, 2.45) is 0 Å². The van der Waals surface area contributed by atoms with Crippen molar-refractivity contribution in [2.75, 3.05) is 6.54 Å². The first kappa shape index (κ1) is 21.8. The molecule has 2 amide bonds. The van der Waals surface area contributed by atoms with E-state index in [2.05, 4.69) is 17.6 Å². The van der Waals surface area contributed by atoms with Crippen LogP contribution in [0, 0.1) is 0 Å². The standard InChI is InChI=1S/C20H32N2O4/c1-5-6-7-14-21-18(24)17(22-19(25)26-20(2,3)4)13-10-15-8-11-16(23)12-9-15/h8-9,11-12,17,23H,5-7,10,13-14H2,1-4H3,(H,21,24)(H,22,25). The lowest BCUT2D eigenvalue weighted by Crippen LogP contribution is -2.48. The Morgan fingerprint density at radius 2 is 1.81 bits per heavy atom. The molecule has 0 bridgehead atoms. The van der Waals surface area contributed by atoms with Crippen LogP contribution in [0.5, 0.6) is 5.75 Å². The number of carbonyl (C=O) groups is 2. The van der Waals surface area contributed by atoms with Gasteiger partial charge in [-0.15, -0.1) is 0 Å². The van der Waals surface area contributed by atoms with Gasteiger partial charge >= 0.3 is 6.09 Å². The Morgan fingerprint density at radius 1 is 1.15 bits per heavy atom. The van der Waals surface area contributed by atoms with Gasteiger partial charge in [-0.25, -0.2) is 4.79 Å². The summed E-state index contributed by atoms with van der Waals surface area (Å²) < 4.78 is 5.27. The van der Waals surface area contributed by atoms with E-state index in [9.17, 15) is 14.7 Å². The van der Waals surface area contributed by atoms with Crippen LogP contribution in [0.3, 0.4) is 0 Å².